The molecule has 0 unspecified atom stereocenters. The van der Waals surface area contributed by atoms with Gasteiger partial charge >= 0.3 is 0 Å². The summed E-state index contributed by atoms with van der Waals surface area (Å²) < 4.78 is 18.8. The lowest BCUT2D eigenvalue weighted by atomic mass is 10.1. The molecule has 1 N–H and O–H groups in total. The van der Waals surface area contributed by atoms with Crippen molar-refractivity contribution in [3.63, 3.8) is 0 Å². The number of halogens is 1. The van der Waals surface area contributed by atoms with E-state index in [-0.39, 0.29) is 5.82 Å². The number of aromatic nitrogens is 2. The summed E-state index contributed by atoms with van der Waals surface area (Å²) in [6.45, 7) is 0. The van der Waals surface area contributed by atoms with Gasteiger partial charge in [-0.2, -0.15) is 10.1 Å². The van der Waals surface area contributed by atoms with E-state index in [4.69, 9.17) is 4.52 Å². The Morgan fingerprint density at radius 2 is 1.63 bits per heavy atom. The summed E-state index contributed by atoms with van der Waals surface area (Å²) in [6, 6.07) is 25.0. The molecule has 0 amide bonds. The summed E-state index contributed by atoms with van der Waals surface area (Å²) in [6.07, 6.45) is 0. The topological polar surface area (TPSA) is 63.3 Å². The van der Waals surface area contributed by atoms with Gasteiger partial charge in [0.25, 0.3) is 5.89 Å². The van der Waals surface area contributed by atoms with E-state index in [9.17, 15) is 4.39 Å². The van der Waals surface area contributed by atoms with Crippen molar-refractivity contribution in [3.05, 3.63) is 102 Å². The Morgan fingerprint density at radius 3 is 2.37 bits per heavy atom. The molecule has 0 atom stereocenters. The Morgan fingerprint density at radius 1 is 0.889 bits per heavy atom. The minimum Gasteiger partial charge on any atom is -0.334 e. The molecule has 0 aliphatic rings. The number of hydrazone groups is 1. The zero-order valence-corrected chi connectivity index (χ0v) is 14.2. The first-order chi connectivity index (χ1) is 13.3. The number of nitrogens with zero attached hydrogens (tertiary/aromatic N) is 3. The highest BCUT2D eigenvalue weighted by Crippen LogP contribution is 2.18. The third kappa shape index (κ3) is 3.90. The monoisotopic (exact) mass is 358 g/mol. The van der Waals surface area contributed by atoms with Crippen LogP contribution in [0, 0.1) is 5.82 Å². The standard InChI is InChI=1S/C21H15FN4O/c22-17-12-7-13-18(14-17)24-25-19(15-8-3-1-4-9-15)20-23-21(27-26-20)16-10-5-2-6-11-16/h1-14,24H/b25-19-. The van der Waals surface area contributed by atoms with Crippen LogP contribution in [0.3, 0.4) is 0 Å². The van der Waals surface area contributed by atoms with Crippen LogP contribution in [0.15, 0.2) is 94.6 Å². The van der Waals surface area contributed by atoms with Crippen LogP contribution in [0.2, 0.25) is 0 Å². The molecule has 0 saturated carbocycles. The summed E-state index contributed by atoms with van der Waals surface area (Å²) in [7, 11) is 0. The van der Waals surface area contributed by atoms with Crippen LogP contribution in [0.25, 0.3) is 11.5 Å². The Hall–Kier alpha value is -3.80. The van der Waals surface area contributed by atoms with Crippen LogP contribution < -0.4 is 5.43 Å². The Balaban J connectivity index is 1.71. The molecule has 4 rings (SSSR count). The van der Waals surface area contributed by atoms with Crippen molar-refractivity contribution in [1.29, 1.82) is 0 Å². The predicted octanol–water partition coefficient (Wildman–Crippen LogP) is 4.74. The SMILES string of the molecule is Fc1cccc(N/N=C(/c2ccccc2)c2noc(-c3ccccc3)n2)c1. The summed E-state index contributed by atoms with van der Waals surface area (Å²) in [4.78, 5) is 4.46. The molecule has 0 bridgehead atoms. The largest absolute Gasteiger partial charge is 0.334 e. The molecule has 0 fully saturated rings. The number of hydrogen-bond donors (Lipinski definition) is 1. The van der Waals surface area contributed by atoms with Crippen molar-refractivity contribution in [2.45, 2.75) is 0 Å². The molecule has 3 aromatic carbocycles. The molecule has 0 spiro atoms. The number of anilines is 1. The first-order valence-corrected chi connectivity index (χ1v) is 8.34. The van der Waals surface area contributed by atoms with Gasteiger partial charge in [-0.15, -0.1) is 0 Å². The smallest absolute Gasteiger partial charge is 0.258 e. The van der Waals surface area contributed by atoms with Crippen LogP contribution in [-0.4, -0.2) is 15.9 Å². The maximum atomic E-state index is 13.4. The quantitative estimate of drug-likeness (QED) is 0.413. The van der Waals surface area contributed by atoms with Gasteiger partial charge < -0.3 is 4.52 Å². The molecule has 6 heteroatoms. The summed E-state index contributed by atoms with van der Waals surface area (Å²) in [5, 5.41) is 8.47. The van der Waals surface area contributed by atoms with Gasteiger partial charge in [-0.05, 0) is 30.3 Å². The van der Waals surface area contributed by atoms with Gasteiger partial charge in [0.2, 0.25) is 5.82 Å². The molecule has 132 valence electrons. The Labute approximate surface area is 155 Å². The van der Waals surface area contributed by atoms with E-state index >= 15 is 0 Å². The lowest BCUT2D eigenvalue weighted by Crippen LogP contribution is -2.08. The van der Waals surface area contributed by atoms with E-state index in [2.05, 4.69) is 20.7 Å². The third-order valence-corrected chi connectivity index (χ3v) is 3.83. The molecule has 0 radical (unpaired) electrons. The third-order valence-electron chi connectivity index (χ3n) is 3.83. The second-order valence-electron chi connectivity index (χ2n) is 5.74. The Kier molecular flexibility index (Phi) is 4.70. The zero-order chi connectivity index (χ0) is 18.5. The fourth-order valence-electron chi connectivity index (χ4n) is 2.54. The maximum absolute atomic E-state index is 13.4. The van der Waals surface area contributed by atoms with E-state index in [0.717, 1.165) is 11.1 Å². The van der Waals surface area contributed by atoms with E-state index < -0.39 is 0 Å². The molecular weight excluding hydrogens is 343 g/mol. The van der Waals surface area contributed by atoms with Gasteiger partial charge in [0.15, 0.2) is 0 Å². The van der Waals surface area contributed by atoms with E-state index in [0.29, 0.717) is 23.1 Å². The number of rotatable bonds is 5. The maximum Gasteiger partial charge on any atom is 0.258 e. The van der Waals surface area contributed by atoms with Crippen molar-refractivity contribution in [3.8, 4) is 11.5 Å². The zero-order valence-electron chi connectivity index (χ0n) is 14.2. The normalized spacial score (nSPS) is 11.4. The first kappa shape index (κ1) is 16.7. The fourth-order valence-corrected chi connectivity index (χ4v) is 2.54. The second kappa shape index (κ2) is 7.61. The number of hydrogen-bond acceptors (Lipinski definition) is 5. The lowest BCUT2D eigenvalue weighted by Gasteiger charge is -2.05. The molecule has 5 nitrogen and oxygen atoms in total. The minimum atomic E-state index is -0.345. The molecule has 1 heterocycles. The highest BCUT2D eigenvalue weighted by Gasteiger charge is 2.16. The van der Waals surface area contributed by atoms with Crippen LogP contribution in [-0.2, 0) is 0 Å². The fraction of sp³-hybridized carbons (Fsp3) is 0. The molecule has 27 heavy (non-hydrogen) atoms. The summed E-state index contributed by atoms with van der Waals surface area (Å²) in [5.41, 5.74) is 5.50. The van der Waals surface area contributed by atoms with E-state index in [1.165, 1.54) is 12.1 Å². The van der Waals surface area contributed by atoms with Crippen LogP contribution >= 0.6 is 0 Å². The summed E-state index contributed by atoms with van der Waals surface area (Å²) in [5.74, 6) is 0.395. The number of nitrogens with one attached hydrogen (secondary N) is 1. The van der Waals surface area contributed by atoms with Gasteiger partial charge in [-0.25, -0.2) is 4.39 Å². The highest BCUT2D eigenvalue weighted by atomic mass is 19.1. The van der Waals surface area contributed by atoms with Crippen LogP contribution in [0.1, 0.15) is 11.4 Å². The van der Waals surface area contributed by atoms with Crippen molar-refractivity contribution in [2.75, 3.05) is 5.43 Å². The average molecular weight is 358 g/mol. The molecule has 0 aliphatic carbocycles. The highest BCUT2D eigenvalue weighted by molar-refractivity contribution is 6.10. The molecule has 4 aromatic rings. The summed E-state index contributed by atoms with van der Waals surface area (Å²) >= 11 is 0. The van der Waals surface area contributed by atoms with Crippen molar-refractivity contribution in [1.82, 2.24) is 10.1 Å². The Bertz CT molecular complexity index is 1060. The minimum absolute atomic E-state index is 0.337. The van der Waals surface area contributed by atoms with Gasteiger partial charge in [0.1, 0.15) is 11.5 Å². The average Bonchev–Trinajstić information content (AvgIpc) is 3.20. The molecular formula is C21H15FN4O. The molecule has 0 aliphatic heterocycles. The van der Waals surface area contributed by atoms with Gasteiger partial charge in [-0.1, -0.05) is 59.8 Å². The number of benzene rings is 3. The lowest BCUT2D eigenvalue weighted by molar-refractivity contribution is 0.429. The predicted molar refractivity (Wildman–Crippen MR) is 102 cm³/mol. The van der Waals surface area contributed by atoms with Gasteiger partial charge in [0.05, 0.1) is 5.69 Å². The van der Waals surface area contributed by atoms with Gasteiger partial charge in [0, 0.05) is 11.1 Å². The van der Waals surface area contributed by atoms with Crippen molar-refractivity contribution < 1.29 is 8.91 Å². The van der Waals surface area contributed by atoms with Crippen LogP contribution in [0.5, 0.6) is 0 Å². The molecule has 1 aromatic heterocycles. The van der Waals surface area contributed by atoms with E-state index in [1.54, 1.807) is 12.1 Å². The van der Waals surface area contributed by atoms with Crippen molar-refractivity contribution >= 4 is 11.4 Å². The molecule has 0 saturated heterocycles. The second-order valence-corrected chi connectivity index (χ2v) is 5.74. The first-order valence-electron chi connectivity index (χ1n) is 8.34. The van der Waals surface area contributed by atoms with Gasteiger partial charge in [-0.3, -0.25) is 5.43 Å². The van der Waals surface area contributed by atoms with Crippen molar-refractivity contribution in [2.24, 2.45) is 5.10 Å². The van der Waals surface area contributed by atoms with E-state index in [1.807, 2.05) is 60.7 Å². The van der Waals surface area contributed by atoms with Crippen LogP contribution in [0.4, 0.5) is 10.1 Å².